The lowest BCUT2D eigenvalue weighted by atomic mass is 9.93. The Labute approximate surface area is 169 Å². The van der Waals surface area contributed by atoms with Crippen LogP contribution in [0.15, 0.2) is 30.5 Å². The summed E-state index contributed by atoms with van der Waals surface area (Å²) in [6.45, 7) is 1.41. The number of methoxy groups -OCH3 is 1. The first-order valence-electron chi connectivity index (χ1n) is 9.38. The third kappa shape index (κ3) is 4.84. The molecule has 1 aliphatic rings. The number of piperidine rings is 1. The van der Waals surface area contributed by atoms with E-state index in [0.717, 1.165) is 25.8 Å². The van der Waals surface area contributed by atoms with Crippen LogP contribution in [0.5, 0.6) is 5.75 Å². The van der Waals surface area contributed by atoms with Crippen molar-refractivity contribution in [1.29, 1.82) is 0 Å². The number of halogens is 1. The third-order valence-electron chi connectivity index (χ3n) is 5.06. The number of likely N-dealkylation sites (tertiary alicyclic amines) is 1. The number of nitrogens with zero attached hydrogens (tertiary/aromatic N) is 3. The molecule has 2 heterocycles. The van der Waals surface area contributed by atoms with Crippen molar-refractivity contribution in [2.24, 2.45) is 13.0 Å². The number of carbonyl (C=O) groups excluding carboxylic acids is 2. The summed E-state index contributed by atoms with van der Waals surface area (Å²) in [6, 6.07) is 6.85. The van der Waals surface area contributed by atoms with Crippen LogP contribution in [0.2, 0.25) is 5.02 Å². The summed E-state index contributed by atoms with van der Waals surface area (Å²) in [7, 11) is 3.32. The molecule has 3 rings (SSSR count). The number of hydrogen-bond acceptors (Lipinski definition) is 4. The van der Waals surface area contributed by atoms with Crippen molar-refractivity contribution in [2.75, 3.05) is 25.5 Å². The van der Waals surface area contributed by atoms with Crippen LogP contribution in [0.25, 0.3) is 0 Å². The quantitative estimate of drug-likeness (QED) is 0.800. The molecule has 0 bridgehead atoms. The molecule has 1 fully saturated rings. The first-order chi connectivity index (χ1) is 13.5. The highest BCUT2D eigenvalue weighted by molar-refractivity contribution is 6.31. The molecule has 1 aromatic carbocycles. The van der Waals surface area contributed by atoms with Crippen molar-refractivity contribution in [3.05, 3.63) is 41.2 Å². The second-order valence-electron chi connectivity index (χ2n) is 7.03. The maximum absolute atomic E-state index is 12.7. The van der Waals surface area contributed by atoms with Gasteiger partial charge in [-0.05, 0) is 49.4 Å². The van der Waals surface area contributed by atoms with Gasteiger partial charge < -0.3 is 15.0 Å². The Bertz CT molecular complexity index is 852. The topological polar surface area (TPSA) is 76.5 Å². The minimum Gasteiger partial charge on any atom is -0.495 e. The molecule has 150 valence electrons. The molecule has 2 amide bonds. The van der Waals surface area contributed by atoms with E-state index in [-0.39, 0.29) is 11.8 Å². The van der Waals surface area contributed by atoms with E-state index in [1.54, 1.807) is 49.3 Å². The lowest BCUT2D eigenvalue weighted by molar-refractivity contribution is -0.116. The molecule has 7 nitrogen and oxygen atoms in total. The van der Waals surface area contributed by atoms with E-state index in [0.29, 0.717) is 41.0 Å². The van der Waals surface area contributed by atoms with E-state index < -0.39 is 0 Å². The number of nitrogens with one attached hydrogen (secondary N) is 1. The van der Waals surface area contributed by atoms with Crippen LogP contribution < -0.4 is 10.1 Å². The fraction of sp³-hybridized carbons (Fsp3) is 0.450. The normalized spacial score (nSPS) is 16.7. The summed E-state index contributed by atoms with van der Waals surface area (Å²) in [5.74, 6) is 0.787. The van der Waals surface area contributed by atoms with Crippen molar-refractivity contribution in [1.82, 2.24) is 14.7 Å². The van der Waals surface area contributed by atoms with Gasteiger partial charge in [-0.1, -0.05) is 11.6 Å². The van der Waals surface area contributed by atoms with E-state index in [1.807, 2.05) is 4.90 Å². The molecule has 1 saturated heterocycles. The smallest absolute Gasteiger partial charge is 0.272 e. The molecule has 2 aromatic rings. The number of anilines is 1. The highest BCUT2D eigenvalue weighted by Gasteiger charge is 2.26. The predicted octanol–water partition coefficient (Wildman–Crippen LogP) is 3.35. The monoisotopic (exact) mass is 404 g/mol. The first-order valence-corrected chi connectivity index (χ1v) is 9.76. The molecule has 0 aliphatic carbocycles. The Balaban J connectivity index is 1.53. The molecule has 0 spiro atoms. The summed E-state index contributed by atoms with van der Waals surface area (Å²) in [6.07, 6.45) is 4.70. The molecule has 1 atom stereocenters. The van der Waals surface area contributed by atoms with Gasteiger partial charge in [-0.15, -0.1) is 0 Å². The maximum Gasteiger partial charge on any atom is 0.272 e. The fourth-order valence-corrected chi connectivity index (χ4v) is 3.73. The van der Waals surface area contributed by atoms with E-state index in [4.69, 9.17) is 16.3 Å². The number of rotatable bonds is 6. The molecule has 0 saturated carbocycles. The molecule has 0 radical (unpaired) electrons. The zero-order valence-corrected chi connectivity index (χ0v) is 16.9. The highest BCUT2D eigenvalue weighted by atomic mass is 35.5. The number of ether oxygens (including phenoxy) is 1. The van der Waals surface area contributed by atoms with Gasteiger partial charge in [0.05, 0.1) is 12.8 Å². The van der Waals surface area contributed by atoms with Crippen LogP contribution in [0.1, 0.15) is 36.2 Å². The minimum absolute atomic E-state index is 0.00202. The van der Waals surface area contributed by atoms with Crippen LogP contribution in [0, 0.1) is 5.92 Å². The first kappa shape index (κ1) is 20.2. The molecule has 1 aromatic heterocycles. The van der Waals surface area contributed by atoms with Crippen molar-refractivity contribution < 1.29 is 14.3 Å². The van der Waals surface area contributed by atoms with Crippen molar-refractivity contribution in [2.45, 2.75) is 25.7 Å². The number of benzene rings is 1. The predicted molar refractivity (Wildman–Crippen MR) is 108 cm³/mol. The molecule has 0 unspecified atom stereocenters. The fourth-order valence-electron chi connectivity index (χ4n) is 3.56. The lowest BCUT2D eigenvalue weighted by Crippen LogP contribution is -2.40. The van der Waals surface area contributed by atoms with Gasteiger partial charge in [-0.3, -0.25) is 14.3 Å². The SMILES string of the molecule is COc1ccc(Cl)cc1NC(=O)CC[C@@H]1CCCN(C(=O)c2ccnn2C)C1. The average Bonchev–Trinajstić information content (AvgIpc) is 3.12. The minimum atomic E-state index is -0.0874. The number of aryl methyl sites for hydroxylation is 1. The van der Waals surface area contributed by atoms with Crippen molar-refractivity contribution in [3.63, 3.8) is 0 Å². The molecule has 1 N–H and O–H groups in total. The molecule has 28 heavy (non-hydrogen) atoms. The second kappa shape index (κ2) is 9.10. The van der Waals surface area contributed by atoms with Gasteiger partial charge in [0.15, 0.2) is 0 Å². The van der Waals surface area contributed by atoms with Gasteiger partial charge in [0.1, 0.15) is 11.4 Å². The van der Waals surface area contributed by atoms with Gasteiger partial charge in [0.25, 0.3) is 5.91 Å². The van der Waals surface area contributed by atoms with Crippen LogP contribution in [-0.2, 0) is 11.8 Å². The Morgan fingerprint density at radius 2 is 2.18 bits per heavy atom. The van der Waals surface area contributed by atoms with Gasteiger partial charge >= 0.3 is 0 Å². The number of aromatic nitrogens is 2. The third-order valence-corrected chi connectivity index (χ3v) is 5.30. The molecule has 1 aliphatic heterocycles. The zero-order chi connectivity index (χ0) is 20.1. The maximum atomic E-state index is 12.7. The van der Waals surface area contributed by atoms with E-state index in [2.05, 4.69) is 10.4 Å². The van der Waals surface area contributed by atoms with Crippen LogP contribution >= 0.6 is 11.6 Å². The number of amides is 2. The Kier molecular flexibility index (Phi) is 6.57. The standard InChI is InChI=1S/C20H25ClN4O3/c1-24-17(9-10-22-24)20(27)25-11-3-4-14(13-25)5-8-19(26)23-16-12-15(21)6-7-18(16)28-2/h6-7,9-10,12,14H,3-5,8,11,13H2,1-2H3,(H,23,26)/t14-/m0/s1. The van der Waals surface area contributed by atoms with Crippen LogP contribution in [0.4, 0.5) is 5.69 Å². The molecular weight excluding hydrogens is 380 g/mol. The van der Waals surface area contributed by atoms with Crippen LogP contribution in [-0.4, -0.2) is 46.7 Å². The Hall–Kier alpha value is -2.54. The number of carbonyl (C=O) groups is 2. The second-order valence-corrected chi connectivity index (χ2v) is 7.47. The van der Waals surface area contributed by atoms with E-state index in [1.165, 1.54) is 0 Å². The van der Waals surface area contributed by atoms with Gasteiger partial charge in [0, 0.05) is 37.8 Å². The Morgan fingerprint density at radius 1 is 1.36 bits per heavy atom. The molecular formula is C20H25ClN4O3. The molecule has 8 heteroatoms. The van der Waals surface area contributed by atoms with Gasteiger partial charge in [-0.2, -0.15) is 5.10 Å². The number of hydrogen-bond donors (Lipinski definition) is 1. The average molecular weight is 405 g/mol. The summed E-state index contributed by atoms with van der Waals surface area (Å²) < 4.78 is 6.85. The van der Waals surface area contributed by atoms with Gasteiger partial charge in [0.2, 0.25) is 5.91 Å². The van der Waals surface area contributed by atoms with Crippen molar-refractivity contribution in [3.8, 4) is 5.75 Å². The summed E-state index contributed by atoms with van der Waals surface area (Å²) in [4.78, 5) is 26.9. The largest absolute Gasteiger partial charge is 0.495 e. The summed E-state index contributed by atoms with van der Waals surface area (Å²) in [5.41, 5.74) is 1.16. The lowest BCUT2D eigenvalue weighted by Gasteiger charge is -2.32. The van der Waals surface area contributed by atoms with Crippen molar-refractivity contribution >= 4 is 29.1 Å². The summed E-state index contributed by atoms with van der Waals surface area (Å²) >= 11 is 6.00. The van der Waals surface area contributed by atoms with Crippen LogP contribution in [0.3, 0.4) is 0 Å². The van der Waals surface area contributed by atoms with E-state index in [9.17, 15) is 9.59 Å². The van der Waals surface area contributed by atoms with E-state index >= 15 is 0 Å². The highest BCUT2D eigenvalue weighted by Crippen LogP contribution is 2.28. The van der Waals surface area contributed by atoms with Gasteiger partial charge in [-0.25, -0.2) is 0 Å². The zero-order valence-electron chi connectivity index (χ0n) is 16.2. The summed E-state index contributed by atoms with van der Waals surface area (Å²) in [5, 5.41) is 7.47. The Morgan fingerprint density at radius 3 is 2.89 bits per heavy atom.